The van der Waals surface area contributed by atoms with Gasteiger partial charge in [0.25, 0.3) is 11.8 Å². The van der Waals surface area contributed by atoms with E-state index in [1.165, 1.54) is 11.1 Å². The zero-order valence-electron chi connectivity index (χ0n) is 22.0. The Balaban J connectivity index is 1.59. The number of amides is 2. The zero-order chi connectivity index (χ0) is 26.3. The minimum Gasteiger partial charge on any atom is -0.364 e. The molecule has 0 spiro atoms. The van der Waals surface area contributed by atoms with Gasteiger partial charge in [0, 0.05) is 28.7 Å². The van der Waals surface area contributed by atoms with Crippen LogP contribution in [0.4, 0.5) is 5.69 Å². The lowest BCUT2D eigenvalue weighted by atomic mass is 9.86. The number of nitrogens with two attached hydrogens (primary N) is 1. The molecule has 1 heterocycles. The molecule has 5 nitrogen and oxygen atoms in total. The molecule has 5 heteroatoms. The lowest BCUT2D eigenvalue weighted by molar-refractivity contribution is 0.0990. The van der Waals surface area contributed by atoms with Crippen molar-refractivity contribution in [3.8, 4) is 0 Å². The molecule has 0 atom stereocenters. The molecule has 3 aromatic carbocycles. The maximum absolute atomic E-state index is 12.8. The Labute approximate surface area is 213 Å². The second-order valence-corrected chi connectivity index (χ2v) is 11.5. The van der Waals surface area contributed by atoms with E-state index in [2.05, 4.69) is 71.1 Å². The highest BCUT2D eigenvalue weighted by molar-refractivity contribution is 6.05. The van der Waals surface area contributed by atoms with Gasteiger partial charge in [-0.05, 0) is 63.9 Å². The number of nitrogens with one attached hydrogen (secondary N) is 1. The van der Waals surface area contributed by atoms with Gasteiger partial charge in [-0.25, -0.2) is 0 Å². The van der Waals surface area contributed by atoms with Crippen molar-refractivity contribution in [2.75, 3.05) is 5.32 Å². The third-order valence-electron chi connectivity index (χ3n) is 6.59. The van der Waals surface area contributed by atoms with Crippen LogP contribution in [0.15, 0.2) is 72.8 Å². The Bertz CT molecular complexity index is 1410. The fourth-order valence-electron chi connectivity index (χ4n) is 4.34. The summed E-state index contributed by atoms with van der Waals surface area (Å²) in [6, 6.07) is 23.6. The highest BCUT2D eigenvalue weighted by Gasteiger charge is 2.17. The van der Waals surface area contributed by atoms with Crippen LogP contribution in [0.2, 0.25) is 0 Å². The fourth-order valence-corrected chi connectivity index (χ4v) is 4.34. The van der Waals surface area contributed by atoms with Crippen molar-refractivity contribution >= 4 is 28.4 Å². The molecule has 0 radical (unpaired) electrons. The van der Waals surface area contributed by atoms with Crippen molar-refractivity contribution in [2.45, 2.75) is 58.9 Å². The summed E-state index contributed by atoms with van der Waals surface area (Å²) in [7, 11) is 0. The molecule has 36 heavy (non-hydrogen) atoms. The van der Waals surface area contributed by atoms with Crippen LogP contribution in [0, 0.1) is 0 Å². The number of primary amides is 1. The van der Waals surface area contributed by atoms with E-state index in [1.54, 1.807) is 6.07 Å². The summed E-state index contributed by atoms with van der Waals surface area (Å²) in [6.45, 7) is 13.5. The Morgan fingerprint density at radius 2 is 1.33 bits per heavy atom. The smallest absolute Gasteiger partial charge is 0.265 e. The van der Waals surface area contributed by atoms with Gasteiger partial charge in [0.15, 0.2) is 0 Å². The molecule has 2 amide bonds. The number of hydrogen-bond donors (Lipinski definition) is 2. The van der Waals surface area contributed by atoms with Crippen molar-refractivity contribution in [2.24, 2.45) is 5.73 Å². The predicted molar refractivity (Wildman–Crippen MR) is 148 cm³/mol. The van der Waals surface area contributed by atoms with E-state index in [-0.39, 0.29) is 16.7 Å². The molecule has 1 aromatic heterocycles. The quantitative estimate of drug-likeness (QED) is 0.335. The number of benzene rings is 3. The van der Waals surface area contributed by atoms with Gasteiger partial charge in [0.1, 0.15) is 5.69 Å². The average molecular weight is 482 g/mol. The van der Waals surface area contributed by atoms with Gasteiger partial charge in [-0.3, -0.25) is 9.59 Å². The van der Waals surface area contributed by atoms with Gasteiger partial charge in [0.05, 0.1) is 0 Å². The Morgan fingerprint density at radius 1 is 0.778 bits per heavy atom. The van der Waals surface area contributed by atoms with Gasteiger partial charge < -0.3 is 15.6 Å². The Morgan fingerprint density at radius 3 is 1.86 bits per heavy atom. The lowest BCUT2D eigenvalue weighted by Gasteiger charge is -2.19. The van der Waals surface area contributed by atoms with E-state index in [9.17, 15) is 9.59 Å². The highest BCUT2D eigenvalue weighted by atomic mass is 16.2. The number of hydrogen-bond acceptors (Lipinski definition) is 2. The summed E-state index contributed by atoms with van der Waals surface area (Å²) in [5.74, 6) is -0.662. The standard InChI is InChI=1S/C31H35N3O2/c1-30(2,3)23-11-7-20(8-12-23)19-34-26-16-15-25(17-22(26)18-27(34)28(32)35)33-29(36)21-9-13-24(14-10-21)31(4,5)6/h7-18H,19H2,1-6H3,(H2,32,35)(H,33,36). The average Bonchev–Trinajstić information content (AvgIpc) is 3.16. The summed E-state index contributed by atoms with van der Waals surface area (Å²) in [5, 5.41) is 3.82. The van der Waals surface area contributed by atoms with Crippen LogP contribution in [-0.2, 0) is 17.4 Å². The SMILES string of the molecule is CC(C)(C)c1ccc(Cn2c(C(N)=O)cc3cc(NC(=O)c4ccc(C(C)(C)C)cc4)ccc32)cc1. The van der Waals surface area contributed by atoms with Crippen molar-refractivity contribution in [3.05, 3.63) is 101 Å². The molecule has 0 aliphatic heterocycles. The first-order chi connectivity index (χ1) is 16.8. The van der Waals surface area contributed by atoms with Crippen molar-refractivity contribution < 1.29 is 9.59 Å². The van der Waals surface area contributed by atoms with Gasteiger partial charge in [-0.1, -0.05) is 77.9 Å². The van der Waals surface area contributed by atoms with Crippen LogP contribution in [-0.4, -0.2) is 16.4 Å². The van der Waals surface area contributed by atoms with E-state index >= 15 is 0 Å². The largest absolute Gasteiger partial charge is 0.364 e. The Kier molecular flexibility index (Phi) is 6.52. The molecule has 4 aromatic rings. The number of rotatable bonds is 5. The van der Waals surface area contributed by atoms with E-state index in [4.69, 9.17) is 5.73 Å². The minimum atomic E-state index is -0.484. The minimum absolute atomic E-state index is 0.0277. The fraction of sp³-hybridized carbons (Fsp3) is 0.290. The maximum Gasteiger partial charge on any atom is 0.265 e. The second-order valence-electron chi connectivity index (χ2n) is 11.5. The molecule has 0 bridgehead atoms. The summed E-state index contributed by atoms with van der Waals surface area (Å²) in [4.78, 5) is 25.1. The monoisotopic (exact) mass is 481 g/mol. The van der Waals surface area contributed by atoms with Gasteiger partial charge in [0.2, 0.25) is 0 Å². The van der Waals surface area contributed by atoms with Gasteiger partial charge in [-0.15, -0.1) is 0 Å². The van der Waals surface area contributed by atoms with Crippen molar-refractivity contribution in [1.82, 2.24) is 4.57 Å². The summed E-state index contributed by atoms with van der Waals surface area (Å²) >= 11 is 0. The molecule has 0 fully saturated rings. The van der Waals surface area contributed by atoms with E-state index in [0.717, 1.165) is 16.5 Å². The van der Waals surface area contributed by atoms with Crippen molar-refractivity contribution in [1.29, 1.82) is 0 Å². The Hall–Kier alpha value is -3.86. The first-order valence-electron chi connectivity index (χ1n) is 12.3. The number of carbonyl (C=O) groups is 2. The normalized spacial score (nSPS) is 12.1. The number of aromatic nitrogens is 1. The third-order valence-corrected chi connectivity index (χ3v) is 6.59. The lowest BCUT2D eigenvalue weighted by Crippen LogP contribution is -2.17. The number of carbonyl (C=O) groups excluding carboxylic acids is 2. The van der Waals surface area contributed by atoms with E-state index < -0.39 is 5.91 Å². The molecule has 4 rings (SSSR count). The molecule has 0 saturated carbocycles. The van der Waals surface area contributed by atoms with Crippen molar-refractivity contribution in [3.63, 3.8) is 0 Å². The van der Waals surface area contributed by atoms with Crippen LogP contribution >= 0.6 is 0 Å². The first kappa shape index (κ1) is 25.2. The van der Waals surface area contributed by atoms with Crippen LogP contribution in [0.25, 0.3) is 10.9 Å². The van der Waals surface area contributed by atoms with Crippen LogP contribution < -0.4 is 11.1 Å². The second kappa shape index (κ2) is 9.30. The maximum atomic E-state index is 12.8. The zero-order valence-corrected chi connectivity index (χ0v) is 22.0. The molecule has 186 valence electrons. The van der Waals surface area contributed by atoms with Crippen LogP contribution in [0.3, 0.4) is 0 Å². The van der Waals surface area contributed by atoms with E-state index in [0.29, 0.717) is 23.5 Å². The molecule has 3 N–H and O–H groups in total. The molecule has 0 aliphatic rings. The van der Waals surface area contributed by atoms with Crippen LogP contribution in [0.5, 0.6) is 0 Å². The molecule has 0 saturated heterocycles. The summed E-state index contributed by atoms with van der Waals surface area (Å²) in [6.07, 6.45) is 0. The number of fused-ring (bicyclic) bond motifs is 1. The third kappa shape index (κ3) is 5.35. The molecule has 0 aliphatic carbocycles. The van der Waals surface area contributed by atoms with E-state index in [1.807, 2.05) is 47.0 Å². The van der Waals surface area contributed by atoms with Crippen LogP contribution in [0.1, 0.15) is 79.1 Å². The predicted octanol–water partition coefficient (Wildman–Crippen LogP) is 6.64. The van der Waals surface area contributed by atoms with Gasteiger partial charge in [-0.2, -0.15) is 0 Å². The highest BCUT2D eigenvalue weighted by Crippen LogP contribution is 2.27. The number of anilines is 1. The molecular formula is C31H35N3O2. The van der Waals surface area contributed by atoms with Gasteiger partial charge >= 0.3 is 0 Å². The summed E-state index contributed by atoms with van der Waals surface area (Å²) in [5.41, 5.74) is 11.9. The molecule has 0 unspecified atom stereocenters. The number of nitrogens with zero attached hydrogens (tertiary/aromatic N) is 1. The first-order valence-corrected chi connectivity index (χ1v) is 12.3. The molecular weight excluding hydrogens is 446 g/mol. The summed E-state index contributed by atoms with van der Waals surface area (Å²) < 4.78 is 1.93. The topological polar surface area (TPSA) is 77.1 Å².